The van der Waals surface area contributed by atoms with E-state index in [1.54, 1.807) is 7.05 Å². The van der Waals surface area contributed by atoms with Gasteiger partial charge in [-0.05, 0) is 7.05 Å². The third-order valence-corrected chi connectivity index (χ3v) is 1.67. The molecular formula is C9H9F4NO. The van der Waals surface area contributed by atoms with E-state index in [-0.39, 0.29) is 12.7 Å². The Kier molecular flexibility index (Phi) is 3.90. The maximum absolute atomic E-state index is 12.9. The summed E-state index contributed by atoms with van der Waals surface area (Å²) in [7, 11) is 1.60. The van der Waals surface area contributed by atoms with Gasteiger partial charge in [0.2, 0.25) is 11.6 Å². The van der Waals surface area contributed by atoms with Crippen molar-refractivity contribution in [1.29, 1.82) is 0 Å². The zero-order valence-corrected chi connectivity index (χ0v) is 7.91. The molecule has 0 aliphatic carbocycles. The third kappa shape index (κ3) is 2.59. The largest absolute Gasteiger partial charge is 0.486 e. The van der Waals surface area contributed by atoms with E-state index in [9.17, 15) is 17.6 Å². The van der Waals surface area contributed by atoms with Crippen LogP contribution in [0.5, 0.6) is 5.75 Å². The Morgan fingerprint density at radius 3 is 2.13 bits per heavy atom. The van der Waals surface area contributed by atoms with Crippen LogP contribution in [-0.4, -0.2) is 20.2 Å². The number of likely N-dealkylation sites (N-methyl/N-ethyl adjacent to an activating group) is 1. The van der Waals surface area contributed by atoms with Crippen molar-refractivity contribution >= 4 is 0 Å². The fourth-order valence-corrected chi connectivity index (χ4v) is 0.933. The lowest BCUT2D eigenvalue weighted by Gasteiger charge is -2.08. The maximum atomic E-state index is 12.9. The summed E-state index contributed by atoms with van der Waals surface area (Å²) < 4.78 is 55.8. The molecule has 0 aromatic heterocycles. The number of benzene rings is 1. The molecule has 15 heavy (non-hydrogen) atoms. The minimum atomic E-state index is -1.52. The zero-order chi connectivity index (χ0) is 11.4. The Hall–Kier alpha value is -1.30. The van der Waals surface area contributed by atoms with Crippen LogP contribution in [0.4, 0.5) is 17.6 Å². The van der Waals surface area contributed by atoms with Gasteiger partial charge in [0.05, 0.1) is 0 Å². The van der Waals surface area contributed by atoms with E-state index in [4.69, 9.17) is 0 Å². The molecule has 1 N–H and O–H groups in total. The summed E-state index contributed by atoms with van der Waals surface area (Å²) >= 11 is 0. The molecule has 0 radical (unpaired) electrons. The molecule has 0 bridgehead atoms. The normalized spacial score (nSPS) is 10.5. The van der Waals surface area contributed by atoms with Gasteiger partial charge in [0.1, 0.15) is 6.61 Å². The molecule has 0 unspecified atom stereocenters. The van der Waals surface area contributed by atoms with Crippen molar-refractivity contribution in [2.45, 2.75) is 0 Å². The molecule has 0 heterocycles. The average molecular weight is 223 g/mol. The summed E-state index contributed by atoms with van der Waals surface area (Å²) in [5.74, 6) is -7.03. The van der Waals surface area contributed by atoms with Crippen LogP contribution in [0.1, 0.15) is 0 Å². The van der Waals surface area contributed by atoms with Gasteiger partial charge in [0.15, 0.2) is 17.4 Å². The summed E-state index contributed by atoms with van der Waals surface area (Å²) in [5, 5.41) is 2.65. The Morgan fingerprint density at radius 1 is 1.13 bits per heavy atom. The topological polar surface area (TPSA) is 21.3 Å². The average Bonchev–Trinajstić information content (AvgIpc) is 2.20. The fourth-order valence-electron chi connectivity index (χ4n) is 0.933. The number of nitrogens with one attached hydrogen (secondary N) is 1. The number of rotatable bonds is 4. The summed E-state index contributed by atoms with van der Waals surface area (Å²) in [6, 6.07) is 0.135. The highest BCUT2D eigenvalue weighted by Crippen LogP contribution is 2.26. The number of hydrogen-bond acceptors (Lipinski definition) is 2. The van der Waals surface area contributed by atoms with Crippen molar-refractivity contribution in [3.8, 4) is 5.75 Å². The van der Waals surface area contributed by atoms with Crippen LogP contribution in [0.15, 0.2) is 6.07 Å². The molecule has 2 nitrogen and oxygen atoms in total. The van der Waals surface area contributed by atoms with Gasteiger partial charge in [0.25, 0.3) is 0 Å². The zero-order valence-electron chi connectivity index (χ0n) is 7.91. The highest BCUT2D eigenvalue weighted by molar-refractivity contribution is 5.28. The monoisotopic (exact) mass is 223 g/mol. The molecule has 0 aliphatic rings. The van der Waals surface area contributed by atoms with Gasteiger partial charge in [0, 0.05) is 12.6 Å². The van der Waals surface area contributed by atoms with Crippen LogP contribution in [0.2, 0.25) is 0 Å². The van der Waals surface area contributed by atoms with Gasteiger partial charge in [-0.25, -0.2) is 8.78 Å². The van der Waals surface area contributed by atoms with E-state index in [1.165, 1.54) is 0 Å². The van der Waals surface area contributed by atoms with Crippen molar-refractivity contribution in [2.75, 3.05) is 20.2 Å². The first-order chi connectivity index (χ1) is 7.07. The quantitative estimate of drug-likeness (QED) is 0.477. The lowest BCUT2D eigenvalue weighted by molar-refractivity contribution is 0.273. The molecule has 0 aliphatic heterocycles. The lowest BCUT2D eigenvalue weighted by atomic mass is 10.3. The Bertz CT molecular complexity index is 330. The predicted octanol–water partition coefficient (Wildman–Crippen LogP) is 1.84. The standard InChI is InChI=1S/C9H9F4NO/c1-14-2-3-15-9-7(12)5(10)4-6(11)8(9)13/h4,14H,2-3H2,1H3. The predicted molar refractivity (Wildman–Crippen MR) is 45.7 cm³/mol. The molecule has 0 fully saturated rings. The van der Waals surface area contributed by atoms with Crippen LogP contribution in [-0.2, 0) is 0 Å². The molecule has 0 saturated heterocycles. The molecule has 84 valence electrons. The Labute approximate surface area is 83.9 Å². The molecular weight excluding hydrogens is 214 g/mol. The van der Waals surface area contributed by atoms with Gasteiger partial charge >= 0.3 is 0 Å². The molecule has 0 spiro atoms. The van der Waals surface area contributed by atoms with Crippen LogP contribution in [0.25, 0.3) is 0 Å². The molecule has 1 aromatic carbocycles. The highest BCUT2D eigenvalue weighted by atomic mass is 19.2. The first-order valence-corrected chi connectivity index (χ1v) is 4.18. The van der Waals surface area contributed by atoms with Crippen LogP contribution in [0, 0.1) is 23.3 Å². The van der Waals surface area contributed by atoms with E-state index in [2.05, 4.69) is 10.1 Å². The van der Waals surface area contributed by atoms with Gasteiger partial charge in [-0.1, -0.05) is 0 Å². The lowest BCUT2D eigenvalue weighted by Crippen LogP contribution is -2.17. The van der Waals surface area contributed by atoms with Crippen LogP contribution >= 0.6 is 0 Å². The van der Waals surface area contributed by atoms with E-state index in [0.29, 0.717) is 6.54 Å². The molecule has 6 heteroatoms. The minimum Gasteiger partial charge on any atom is -0.486 e. The minimum absolute atomic E-state index is 0.0900. The molecule has 0 atom stereocenters. The summed E-state index contributed by atoms with van der Waals surface area (Å²) in [6.07, 6.45) is 0. The smallest absolute Gasteiger partial charge is 0.203 e. The van der Waals surface area contributed by atoms with E-state index < -0.39 is 29.0 Å². The molecule has 0 saturated carbocycles. The first kappa shape index (κ1) is 11.8. The van der Waals surface area contributed by atoms with Crippen LogP contribution < -0.4 is 10.1 Å². The molecule has 1 aromatic rings. The number of halogens is 4. The summed E-state index contributed by atoms with van der Waals surface area (Å²) in [4.78, 5) is 0. The first-order valence-electron chi connectivity index (χ1n) is 4.18. The summed E-state index contributed by atoms with van der Waals surface area (Å²) in [5.41, 5.74) is 0. The van der Waals surface area contributed by atoms with Gasteiger partial charge in [-0.2, -0.15) is 8.78 Å². The van der Waals surface area contributed by atoms with E-state index >= 15 is 0 Å². The Balaban J connectivity index is 2.94. The number of ether oxygens (including phenoxy) is 1. The van der Waals surface area contributed by atoms with Gasteiger partial charge in [-0.15, -0.1) is 0 Å². The maximum Gasteiger partial charge on any atom is 0.203 e. The summed E-state index contributed by atoms with van der Waals surface area (Å²) in [6.45, 7) is 0.213. The van der Waals surface area contributed by atoms with Crippen molar-refractivity contribution in [3.05, 3.63) is 29.3 Å². The Morgan fingerprint density at radius 2 is 1.67 bits per heavy atom. The van der Waals surface area contributed by atoms with Crippen molar-refractivity contribution in [2.24, 2.45) is 0 Å². The number of hydrogen-bond donors (Lipinski definition) is 1. The highest BCUT2D eigenvalue weighted by Gasteiger charge is 2.20. The van der Waals surface area contributed by atoms with E-state index in [0.717, 1.165) is 0 Å². The van der Waals surface area contributed by atoms with E-state index in [1.807, 2.05) is 0 Å². The fraction of sp³-hybridized carbons (Fsp3) is 0.333. The second kappa shape index (κ2) is 4.97. The molecule has 0 amide bonds. The SMILES string of the molecule is CNCCOc1c(F)c(F)cc(F)c1F. The van der Waals surface area contributed by atoms with Crippen molar-refractivity contribution in [3.63, 3.8) is 0 Å². The third-order valence-electron chi connectivity index (χ3n) is 1.67. The van der Waals surface area contributed by atoms with Crippen molar-refractivity contribution in [1.82, 2.24) is 5.32 Å². The van der Waals surface area contributed by atoms with Gasteiger partial charge in [-0.3, -0.25) is 0 Å². The molecule has 1 rings (SSSR count). The van der Waals surface area contributed by atoms with Gasteiger partial charge < -0.3 is 10.1 Å². The second-order valence-corrected chi connectivity index (χ2v) is 2.75. The second-order valence-electron chi connectivity index (χ2n) is 2.75. The van der Waals surface area contributed by atoms with Crippen LogP contribution in [0.3, 0.4) is 0 Å². The van der Waals surface area contributed by atoms with Crippen molar-refractivity contribution < 1.29 is 22.3 Å².